The summed E-state index contributed by atoms with van der Waals surface area (Å²) in [6.07, 6.45) is 1.46. The molecule has 10 heteroatoms. The molecule has 136 valence electrons. The van der Waals surface area contributed by atoms with Crippen LogP contribution in [0.2, 0.25) is 0 Å². The Kier molecular flexibility index (Phi) is 4.98. The molecule has 0 saturated heterocycles. The fourth-order valence-corrected chi connectivity index (χ4v) is 2.92. The van der Waals surface area contributed by atoms with Crippen molar-refractivity contribution in [3.8, 4) is 12.1 Å². The predicted molar refractivity (Wildman–Crippen MR) is 101 cm³/mol. The average Bonchev–Trinajstić information content (AvgIpc) is 2.73. The molecule has 1 aliphatic rings. The average molecular weight is 370 g/mol. The Labute approximate surface area is 162 Å². The number of rotatable bonds is 4. The Morgan fingerprint density at radius 3 is 1.39 bits per heavy atom. The first-order chi connectivity index (χ1) is 13.6. The highest BCUT2D eigenvalue weighted by atomic mass is 15.4. The molecule has 1 aliphatic heterocycles. The van der Waals surface area contributed by atoms with Gasteiger partial charge in [-0.2, -0.15) is 10.5 Å². The molecular formula is C18H14N10. The molecule has 0 aliphatic carbocycles. The van der Waals surface area contributed by atoms with Crippen LogP contribution in [0.15, 0.2) is 0 Å². The van der Waals surface area contributed by atoms with E-state index in [0.717, 1.165) is 12.8 Å². The second-order valence-corrected chi connectivity index (χ2v) is 5.84. The largest absolute Gasteiger partial charge is 0.370 e. The Morgan fingerprint density at radius 1 is 0.750 bits per heavy atom. The summed E-state index contributed by atoms with van der Waals surface area (Å²) >= 11 is 0. The number of anilines is 4. The maximum absolute atomic E-state index is 9.35. The maximum Gasteiger partial charge on any atom is 0.295 e. The fraction of sp³-hybridized carbons (Fsp3) is 0.333. The van der Waals surface area contributed by atoms with Crippen molar-refractivity contribution in [2.45, 2.75) is 26.7 Å². The van der Waals surface area contributed by atoms with Gasteiger partial charge in [-0.05, 0) is 12.8 Å². The first-order valence-corrected chi connectivity index (χ1v) is 8.57. The highest BCUT2D eigenvalue weighted by Gasteiger charge is 2.39. The zero-order valence-electron chi connectivity index (χ0n) is 15.3. The lowest BCUT2D eigenvalue weighted by Gasteiger charge is -2.33. The lowest BCUT2D eigenvalue weighted by atomic mass is 10.2. The second kappa shape index (κ2) is 7.53. The van der Waals surface area contributed by atoms with Gasteiger partial charge in [0.15, 0.2) is 23.0 Å². The van der Waals surface area contributed by atoms with Crippen molar-refractivity contribution in [3.63, 3.8) is 0 Å². The van der Waals surface area contributed by atoms with Crippen LogP contribution in [0.4, 0.5) is 34.9 Å². The van der Waals surface area contributed by atoms with Crippen molar-refractivity contribution in [3.05, 3.63) is 34.2 Å². The quantitative estimate of drug-likeness (QED) is 0.751. The smallest absolute Gasteiger partial charge is 0.295 e. The van der Waals surface area contributed by atoms with Crippen LogP contribution in [0.3, 0.4) is 0 Å². The van der Waals surface area contributed by atoms with Crippen molar-refractivity contribution >= 4 is 34.9 Å². The Hall–Kier alpha value is -4.28. The van der Waals surface area contributed by atoms with Crippen LogP contribution in [0.25, 0.3) is 9.69 Å². The molecule has 3 rings (SSSR count). The van der Waals surface area contributed by atoms with Crippen LogP contribution in [0, 0.1) is 35.8 Å². The Bertz CT molecular complexity index is 938. The highest BCUT2D eigenvalue weighted by molar-refractivity contribution is 5.88. The number of aromatic nitrogens is 4. The van der Waals surface area contributed by atoms with E-state index in [1.165, 1.54) is 0 Å². The van der Waals surface area contributed by atoms with E-state index in [-0.39, 0.29) is 23.0 Å². The molecule has 2 aromatic rings. The van der Waals surface area contributed by atoms with Crippen LogP contribution in [-0.4, -0.2) is 33.0 Å². The topological polar surface area (TPSA) is 114 Å². The predicted octanol–water partition coefficient (Wildman–Crippen LogP) is 3.52. The van der Waals surface area contributed by atoms with E-state index in [0.29, 0.717) is 36.4 Å². The van der Waals surface area contributed by atoms with E-state index in [2.05, 4.69) is 29.6 Å². The minimum absolute atomic E-state index is 0.0709. The van der Waals surface area contributed by atoms with Gasteiger partial charge in [0.1, 0.15) is 12.1 Å². The van der Waals surface area contributed by atoms with Crippen LogP contribution in [-0.2, 0) is 0 Å². The molecule has 0 saturated carbocycles. The van der Waals surface area contributed by atoms with Gasteiger partial charge in [-0.25, -0.2) is 9.97 Å². The molecule has 3 heterocycles. The minimum Gasteiger partial charge on any atom is -0.370 e. The van der Waals surface area contributed by atoms with Crippen molar-refractivity contribution in [1.82, 2.24) is 19.9 Å². The SMILES string of the molecule is [C-]#[N+]c1nc2c(nc1[N+]#[C-])N(CCC)c1nc(C#N)c(C#N)nc1N2CCC. The van der Waals surface area contributed by atoms with Crippen molar-refractivity contribution < 1.29 is 0 Å². The number of fused-ring (bicyclic) bond motifs is 2. The first kappa shape index (κ1) is 18.5. The highest BCUT2D eigenvalue weighted by Crippen LogP contribution is 2.46. The Balaban J connectivity index is 2.37. The summed E-state index contributed by atoms with van der Waals surface area (Å²) in [5.41, 5.74) is -0.142. The van der Waals surface area contributed by atoms with Crippen molar-refractivity contribution in [2.75, 3.05) is 22.9 Å². The first-order valence-electron chi connectivity index (χ1n) is 8.57. The molecule has 0 bridgehead atoms. The number of nitriles is 2. The third-order valence-corrected chi connectivity index (χ3v) is 4.02. The maximum atomic E-state index is 9.35. The van der Waals surface area contributed by atoms with Gasteiger partial charge in [-0.15, -0.1) is 9.97 Å². The summed E-state index contributed by atoms with van der Waals surface area (Å²) in [5, 5.41) is 18.7. The molecule has 0 fully saturated rings. The molecule has 0 atom stereocenters. The van der Waals surface area contributed by atoms with E-state index in [9.17, 15) is 10.5 Å². The number of hydrogen-bond donors (Lipinski definition) is 0. The molecule has 0 N–H and O–H groups in total. The molecule has 0 radical (unpaired) electrons. The standard InChI is InChI=1S/C18H14N10/c1-5-7-27-15-16(24-12(10-20)11(9-19)23-15)28(8-6-2)18-17(27)25-13(21-3)14(22-4)26-18/h5-8H2,1-2H3. The van der Waals surface area contributed by atoms with E-state index in [1.54, 1.807) is 9.80 Å². The van der Waals surface area contributed by atoms with Crippen LogP contribution in [0.1, 0.15) is 38.1 Å². The third-order valence-electron chi connectivity index (χ3n) is 4.02. The normalized spacial score (nSPS) is 11.5. The molecule has 0 amide bonds. The van der Waals surface area contributed by atoms with E-state index in [4.69, 9.17) is 13.1 Å². The van der Waals surface area contributed by atoms with Gasteiger partial charge in [-0.3, -0.25) is 9.80 Å². The summed E-state index contributed by atoms with van der Waals surface area (Å²) in [5.74, 6) is 1.39. The van der Waals surface area contributed by atoms with Gasteiger partial charge in [0, 0.05) is 13.1 Å². The van der Waals surface area contributed by atoms with Crippen LogP contribution >= 0.6 is 0 Å². The summed E-state index contributed by atoms with van der Waals surface area (Å²) in [6.45, 7) is 19.5. The van der Waals surface area contributed by atoms with Crippen molar-refractivity contribution in [2.24, 2.45) is 0 Å². The molecular weight excluding hydrogens is 356 g/mol. The molecule has 0 unspecified atom stereocenters. The van der Waals surface area contributed by atoms with E-state index in [1.807, 2.05) is 26.0 Å². The molecule has 0 spiro atoms. The number of hydrogen-bond acceptors (Lipinski definition) is 8. The summed E-state index contributed by atoms with van der Waals surface area (Å²) in [7, 11) is 0. The van der Waals surface area contributed by atoms with Gasteiger partial charge in [0.25, 0.3) is 23.3 Å². The lowest BCUT2D eigenvalue weighted by Crippen LogP contribution is -2.34. The van der Waals surface area contributed by atoms with E-state index < -0.39 is 0 Å². The summed E-state index contributed by atoms with van der Waals surface area (Å²) in [6, 6.07) is 3.81. The second-order valence-electron chi connectivity index (χ2n) is 5.84. The Morgan fingerprint density at radius 2 is 1.11 bits per heavy atom. The van der Waals surface area contributed by atoms with Gasteiger partial charge in [0.2, 0.25) is 0 Å². The molecule has 10 nitrogen and oxygen atoms in total. The van der Waals surface area contributed by atoms with E-state index >= 15 is 0 Å². The zero-order valence-corrected chi connectivity index (χ0v) is 15.3. The monoisotopic (exact) mass is 370 g/mol. The van der Waals surface area contributed by atoms with Gasteiger partial charge in [-0.1, -0.05) is 27.0 Å². The summed E-state index contributed by atoms with van der Waals surface area (Å²) < 4.78 is 0. The zero-order chi connectivity index (χ0) is 20.3. The third kappa shape index (κ3) is 2.80. The number of nitrogens with zero attached hydrogens (tertiary/aromatic N) is 10. The summed E-state index contributed by atoms with van der Waals surface area (Å²) in [4.78, 5) is 27.6. The van der Waals surface area contributed by atoms with Gasteiger partial charge in [0.05, 0.1) is 0 Å². The van der Waals surface area contributed by atoms with Gasteiger partial charge < -0.3 is 9.69 Å². The van der Waals surface area contributed by atoms with Crippen LogP contribution in [0.5, 0.6) is 0 Å². The molecule has 28 heavy (non-hydrogen) atoms. The van der Waals surface area contributed by atoms with Gasteiger partial charge >= 0.3 is 0 Å². The van der Waals surface area contributed by atoms with Crippen molar-refractivity contribution in [1.29, 1.82) is 10.5 Å². The fourth-order valence-electron chi connectivity index (χ4n) is 2.92. The van der Waals surface area contributed by atoms with Crippen LogP contribution < -0.4 is 9.80 Å². The minimum atomic E-state index is -0.0862. The molecule has 2 aromatic heterocycles. The molecule has 0 aromatic carbocycles. The lowest BCUT2D eigenvalue weighted by molar-refractivity contribution is 0.791.